The second-order valence-corrected chi connectivity index (χ2v) is 4.80. The van der Waals surface area contributed by atoms with Crippen molar-refractivity contribution in [3.05, 3.63) is 35.4 Å². The molecule has 0 spiro atoms. The highest BCUT2D eigenvalue weighted by Gasteiger charge is 2.04. The molecule has 1 amide bonds. The zero-order valence-corrected chi connectivity index (χ0v) is 11.9. The van der Waals surface area contributed by atoms with E-state index in [9.17, 15) is 9.59 Å². The minimum absolute atomic E-state index is 0.0281. The summed E-state index contributed by atoms with van der Waals surface area (Å²) in [6, 6.07) is 6.46. The van der Waals surface area contributed by atoms with Gasteiger partial charge in [-0.2, -0.15) is 0 Å². The van der Waals surface area contributed by atoms with E-state index < -0.39 is 5.97 Å². The van der Waals surface area contributed by atoms with Crippen LogP contribution in [0.5, 0.6) is 0 Å². The number of rotatable bonds is 8. The van der Waals surface area contributed by atoms with Crippen LogP contribution in [0.3, 0.4) is 0 Å². The molecule has 1 rings (SSSR count). The quantitative estimate of drug-likeness (QED) is 0.715. The Labute approximate surface area is 118 Å². The number of benzene rings is 1. The summed E-state index contributed by atoms with van der Waals surface area (Å²) in [6.45, 7) is 4.91. The summed E-state index contributed by atoms with van der Waals surface area (Å²) >= 11 is 0. The van der Waals surface area contributed by atoms with Gasteiger partial charge in [0, 0.05) is 19.6 Å². The molecule has 2 N–H and O–H groups in total. The number of carboxylic acid groups (broad SMARTS) is 1. The normalized spacial score (nSPS) is 10.6. The van der Waals surface area contributed by atoms with Crippen molar-refractivity contribution in [3.63, 3.8) is 0 Å². The lowest BCUT2D eigenvalue weighted by Crippen LogP contribution is -2.23. The number of carboxylic acids is 1. The Hall–Kier alpha value is -1.88. The van der Waals surface area contributed by atoms with Gasteiger partial charge in [0.2, 0.25) is 5.91 Å². The average Bonchev–Trinajstić information content (AvgIpc) is 2.41. The molecule has 0 radical (unpaired) electrons. The van der Waals surface area contributed by atoms with E-state index in [1.807, 2.05) is 13.8 Å². The summed E-state index contributed by atoms with van der Waals surface area (Å²) < 4.78 is 5.35. The minimum atomic E-state index is -0.953. The number of ether oxygens (including phenoxy) is 1. The van der Waals surface area contributed by atoms with Gasteiger partial charge in [0.1, 0.15) is 0 Å². The second-order valence-electron chi connectivity index (χ2n) is 4.80. The Bertz CT molecular complexity index is 440. The summed E-state index contributed by atoms with van der Waals surface area (Å²) in [5, 5.41) is 11.6. The first-order valence-electron chi connectivity index (χ1n) is 6.69. The third kappa shape index (κ3) is 6.33. The summed E-state index contributed by atoms with van der Waals surface area (Å²) in [7, 11) is 0. The molecule has 0 aromatic heterocycles. The first kappa shape index (κ1) is 16.2. The fourth-order valence-electron chi connectivity index (χ4n) is 1.61. The molecule has 0 saturated carbocycles. The van der Waals surface area contributed by atoms with Crippen LogP contribution in [-0.2, 0) is 16.1 Å². The zero-order chi connectivity index (χ0) is 15.0. The van der Waals surface area contributed by atoms with E-state index in [0.29, 0.717) is 26.0 Å². The van der Waals surface area contributed by atoms with Crippen molar-refractivity contribution < 1.29 is 19.4 Å². The van der Waals surface area contributed by atoms with Crippen molar-refractivity contribution in [1.29, 1.82) is 0 Å². The van der Waals surface area contributed by atoms with Gasteiger partial charge in [-0.3, -0.25) is 4.79 Å². The van der Waals surface area contributed by atoms with Crippen molar-refractivity contribution in [2.75, 3.05) is 6.61 Å². The monoisotopic (exact) mass is 279 g/mol. The molecule has 20 heavy (non-hydrogen) atoms. The van der Waals surface area contributed by atoms with Crippen molar-refractivity contribution in [1.82, 2.24) is 5.32 Å². The van der Waals surface area contributed by atoms with Crippen LogP contribution in [0.2, 0.25) is 0 Å². The third-order valence-electron chi connectivity index (χ3n) is 2.69. The Morgan fingerprint density at radius 1 is 1.25 bits per heavy atom. The van der Waals surface area contributed by atoms with Crippen LogP contribution in [0.25, 0.3) is 0 Å². The second kappa shape index (κ2) is 8.32. The summed E-state index contributed by atoms with van der Waals surface area (Å²) in [5.41, 5.74) is 1.12. The molecule has 0 aliphatic carbocycles. The molecule has 0 aliphatic rings. The average molecular weight is 279 g/mol. The lowest BCUT2D eigenvalue weighted by atomic mass is 10.1. The predicted octanol–water partition coefficient (Wildman–Crippen LogP) is 2.21. The lowest BCUT2D eigenvalue weighted by Gasteiger charge is -2.08. The fourth-order valence-corrected chi connectivity index (χ4v) is 1.61. The molecule has 0 saturated heterocycles. The number of aromatic carboxylic acids is 1. The first-order chi connectivity index (χ1) is 9.49. The van der Waals surface area contributed by atoms with E-state index in [4.69, 9.17) is 9.84 Å². The van der Waals surface area contributed by atoms with Gasteiger partial charge < -0.3 is 15.2 Å². The van der Waals surface area contributed by atoms with E-state index in [0.717, 1.165) is 5.56 Å². The number of carbonyl (C=O) groups excluding carboxylic acids is 1. The van der Waals surface area contributed by atoms with Crippen molar-refractivity contribution >= 4 is 11.9 Å². The van der Waals surface area contributed by atoms with Crippen LogP contribution in [-0.4, -0.2) is 29.7 Å². The molecular formula is C15H21NO4. The van der Waals surface area contributed by atoms with Gasteiger partial charge in [0.05, 0.1) is 11.7 Å². The van der Waals surface area contributed by atoms with E-state index >= 15 is 0 Å². The van der Waals surface area contributed by atoms with Gasteiger partial charge in [-0.25, -0.2) is 4.79 Å². The Kier molecular flexibility index (Phi) is 6.73. The van der Waals surface area contributed by atoms with Gasteiger partial charge in [-0.05, 0) is 38.0 Å². The number of amides is 1. The van der Waals surface area contributed by atoms with Crippen LogP contribution in [0, 0.1) is 0 Å². The van der Waals surface area contributed by atoms with Gasteiger partial charge >= 0.3 is 5.97 Å². The number of hydrogen-bond donors (Lipinski definition) is 2. The highest BCUT2D eigenvalue weighted by Crippen LogP contribution is 2.04. The van der Waals surface area contributed by atoms with Crippen LogP contribution in [0.4, 0.5) is 0 Å². The summed E-state index contributed by atoms with van der Waals surface area (Å²) in [5.74, 6) is -0.981. The highest BCUT2D eigenvalue weighted by molar-refractivity contribution is 5.87. The maximum absolute atomic E-state index is 11.6. The number of hydrogen-bond acceptors (Lipinski definition) is 3. The Balaban J connectivity index is 2.25. The van der Waals surface area contributed by atoms with Crippen molar-refractivity contribution in [3.8, 4) is 0 Å². The number of carbonyl (C=O) groups is 2. The largest absolute Gasteiger partial charge is 0.478 e. The van der Waals surface area contributed by atoms with Crippen molar-refractivity contribution in [2.24, 2.45) is 0 Å². The molecule has 0 aliphatic heterocycles. The topological polar surface area (TPSA) is 75.6 Å². The van der Waals surface area contributed by atoms with Crippen LogP contribution in [0.1, 0.15) is 42.6 Å². The number of nitrogens with one attached hydrogen (secondary N) is 1. The summed E-state index contributed by atoms with van der Waals surface area (Å²) in [6.07, 6.45) is 1.31. The Morgan fingerprint density at radius 2 is 1.90 bits per heavy atom. The van der Waals surface area contributed by atoms with Crippen LogP contribution < -0.4 is 5.32 Å². The minimum Gasteiger partial charge on any atom is -0.478 e. The van der Waals surface area contributed by atoms with Gasteiger partial charge in [-0.1, -0.05) is 12.1 Å². The van der Waals surface area contributed by atoms with Gasteiger partial charge in [0.25, 0.3) is 0 Å². The molecule has 1 aromatic carbocycles. The fraction of sp³-hybridized carbons (Fsp3) is 0.467. The van der Waals surface area contributed by atoms with Gasteiger partial charge in [0.15, 0.2) is 0 Å². The lowest BCUT2D eigenvalue weighted by molar-refractivity contribution is -0.121. The molecule has 0 heterocycles. The SMILES string of the molecule is CC(C)OCCCC(=O)NCc1ccc(C(=O)O)cc1. The van der Waals surface area contributed by atoms with E-state index in [-0.39, 0.29) is 17.6 Å². The summed E-state index contributed by atoms with van der Waals surface area (Å²) in [4.78, 5) is 22.3. The smallest absolute Gasteiger partial charge is 0.335 e. The molecular weight excluding hydrogens is 258 g/mol. The maximum Gasteiger partial charge on any atom is 0.335 e. The van der Waals surface area contributed by atoms with E-state index in [1.54, 1.807) is 12.1 Å². The molecule has 5 heteroatoms. The van der Waals surface area contributed by atoms with Crippen molar-refractivity contribution in [2.45, 2.75) is 39.3 Å². The van der Waals surface area contributed by atoms with Crippen LogP contribution >= 0.6 is 0 Å². The molecule has 0 bridgehead atoms. The Morgan fingerprint density at radius 3 is 2.45 bits per heavy atom. The molecule has 0 atom stereocenters. The molecule has 5 nitrogen and oxygen atoms in total. The molecule has 0 unspecified atom stereocenters. The zero-order valence-electron chi connectivity index (χ0n) is 11.9. The predicted molar refractivity (Wildman–Crippen MR) is 75.6 cm³/mol. The molecule has 110 valence electrons. The first-order valence-corrected chi connectivity index (χ1v) is 6.69. The standard InChI is InChI=1S/C15H21NO4/c1-11(2)20-9-3-4-14(17)16-10-12-5-7-13(8-6-12)15(18)19/h5-8,11H,3-4,9-10H2,1-2H3,(H,16,17)(H,18,19). The highest BCUT2D eigenvalue weighted by atomic mass is 16.5. The molecule has 0 fully saturated rings. The molecule has 1 aromatic rings. The maximum atomic E-state index is 11.6. The van der Waals surface area contributed by atoms with Gasteiger partial charge in [-0.15, -0.1) is 0 Å². The van der Waals surface area contributed by atoms with E-state index in [1.165, 1.54) is 12.1 Å². The van der Waals surface area contributed by atoms with E-state index in [2.05, 4.69) is 5.32 Å². The van der Waals surface area contributed by atoms with Crippen LogP contribution in [0.15, 0.2) is 24.3 Å². The third-order valence-corrected chi connectivity index (χ3v) is 2.69.